The van der Waals surface area contributed by atoms with Gasteiger partial charge in [0.15, 0.2) is 5.65 Å². The first-order chi connectivity index (χ1) is 15.1. The number of rotatable bonds is 5. The molecule has 0 saturated carbocycles. The summed E-state index contributed by atoms with van der Waals surface area (Å²) in [6.45, 7) is 1.24. The number of nitrogens with zero attached hydrogens (tertiary/aromatic N) is 6. The molecule has 3 aromatic heterocycles. The molecule has 1 aliphatic heterocycles. The van der Waals surface area contributed by atoms with Gasteiger partial charge in [0.25, 0.3) is 0 Å². The molecular weight excluding hydrogens is 395 g/mol. The molecule has 0 atom stereocenters. The van der Waals surface area contributed by atoms with Crippen LogP contribution < -0.4 is 9.80 Å². The van der Waals surface area contributed by atoms with Gasteiger partial charge in [-0.05, 0) is 48.4 Å². The first-order valence-electron chi connectivity index (χ1n) is 10.2. The Labute approximate surface area is 178 Å². The average molecular weight is 416 g/mol. The van der Waals surface area contributed by atoms with Crippen LogP contribution in [0, 0.1) is 5.82 Å². The molecule has 4 heterocycles. The molecule has 4 aromatic rings. The molecule has 1 aromatic carbocycles. The standard InChI is InChI=1S/C23H21FN6O/c1-28(15-16-4-2-5-18(24)12-16)22-10-9-21-26-14-19(30(21)27-22)17-7-8-20(25-13-17)29-11-3-6-23(29)31/h2,4-5,7-10,12-14H,3,6,11,15H2,1H3. The van der Waals surface area contributed by atoms with Gasteiger partial charge in [-0.3, -0.25) is 9.69 Å². The molecule has 8 heteroatoms. The summed E-state index contributed by atoms with van der Waals surface area (Å²) in [5.41, 5.74) is 3.26. The van der Waals surface area contributed by atoms with Crippen LogP contribution >= 0.6 is 0 Å². The first-order valence-corrected chi connectivity index (χ1v) is 10.2. The van der Waals surface area contributed by atoms with Crippen molar-refractivity contribution >= 4 is 23.2 Å². The van der Waals surface area contributed by atoms with Crippen LogP contribution in [0.15, 0.2) is 60.9 Å². The molecule has 0 bridgehead atoms. The van der Waals surface area contributed by atoms with Crippen molar-refractivity contribution in [2.75, 3.05) is 23.4 Å². The summed E-state index contributed by atoms with van der Waals surface area (Å²) in [6.07, 6.45) is 4.95. The summed E-state index contributed by atoms with van der Waals surface area (Å²) < 4.78 is 15.3. The second kappa shape index (κ2) is 7.79. The normalized spacial score (nSPS) is 13.9. The fourth-order valence-corrected chi connectivity index (χ4v) is 3.84. The lowest BCUT2D eigenvalue weighted by Gasteiger charge is -2.18. The molecule has 7 nitrogen and oxygen atoms in total. The van der Waals surface area contributed by atoms with E-state index in [4.69, 9.17) is 5.10 Å². The third-order valence-electron chi connectivity index (χ3n) is 5.44. The molecule has 156 valence electrons. The zero-order valence-electron chi connectivity index (χ0n) is 17.1. The van der Waals surface area contributed by atoms with Gasteiger partial charge in [-0.15, -0.1) is 5.10 Å². The predicted octanol–water partition coefficient (Wildman–Crippen LogP) is 3.69. The number of amides is 1. The van der Waals surface area contributed by atoms with Crippen LogP contribution in [-0.4, -0.2) is 39.1 Å². The number of hydrogen-bond acceptors (Lipinski definition) is 5. The van der Waals surface area contributed by atoms with Crippen molar-refractivity contribution in [2.24, 2.45) is 0 Å². The van der Waals surface area contributed by atoms with Crippen LogP contribution in [0.4, 0.5) is 16.0 Å². The summed E-state index contributed by atoms with van der Waals surface area (Å²) in [5.74, 6) is 1.27. The van der Waals surface area contributed by atoms with Crippen molar-refractivity contribution in [2.45, 2.75) is 19.4 Å². The van der Waals surface area contributed by atoms with Gasteiger partial charge in [-0.25, -0.2) is 18.9 Å². The van der Waals surface area contributed by atoms with E-state index < -0.39 is 0 Å². The molecule has 31 heavy (non-hydrogen) atoms. The van der Waals surface area contributed by atoms with Gasteiger partial charge in [0.2, 0.25) is 5.91 Å². The minimum absolute atomic E-state index is 0.114. The van der Waals surface area contributed by atoms with Gasteiger partial charge in [0.05, 0.1) is 11.9 Å². The molecule has 1 amide bonds. The van der Waals surface area contributed by atoms with Gasteiger partial charge >= 0.3 is 0 Å². The fourth-order valence-electron chi connectivity index (χ4n) is 3.84. The molecule has 1 aliphatic rings. The van der Waals surface area contributed by atoms with Gasteiger partial charge in [-0.1, -0.05) is 12.1 Å². The molecule has 1 fully saturated rings. The number of halogens is 1. The number of carbonyl (C=O) groups excluding carboxylic acids is 1. The molecule has 1 saturated heterocycles. The highest BCUT2D eigenvalue weighted by Gasteiger charge is 2.22. The Morgan fingerprint density at radius 2 is 2.00 bits per heavy atom. The Morgan fingerprint density at radius 1 is 1.10 bits per heavy atom. The molecule has 5 rings (SSSR count). The maximum absolute atomic E-state index is 13.5. The topological polar surface area (TPSA) is 66.6 Å². The van der Waals surface area contributed by atoms with E-state index in [1.165, 1.54) is 12.1 Å². The van der Waals surface area contributed by atoms with E-state index in [0.717, 1.165) is 34.7 Å². The van der Waals surface area contributed by atoms with Crippen molar-refractivity contribution in [3.63, 3.8) is 0 Å². The van der Waals surface area contributed by atoms with Crippen molar-refractivity contribution in [1.82, 2.24) is 19.6 Å². The van der Waals surface area contributed by atoms with Gasteiger partial charge < -0.3 is 4.90 Å². The molecular formula is C23H21FN6O. The number of anilines is 2. The Balaban J connectivity index is 1.43. The van der Waals surface area contributed by atoms with Crippen LogP contribution in [0.25, 0.3) is 16.9 Å². The number of carbonyl (C=O) groups is 1. The molecule has 0 unspecified atom stereocenters. The quantitative estimate of drug-likeness (QED) is 0.496. The van der Waals surface area contributed by atoms with Crippen LogP contribution in [0.3, 0.4) is 0 Å². The van der Waals surface area contributed by atoms with Crippen LogP contribution in [-0.2, 0) is 11.3 Å². The lowest BCUT2D eigenvalue weighted by molar-refractivity contribution is -0.117. The highest BCUT2D eigenvalue weighted by Crippen LogP contribution is 2.25. The minimum Gasteiger partial charge on any atom is -0.354 e. The maximum atomic E-state index is 13.5. The molecule has 0 N–H and O–H groups in total. The Kier molecular flexibility index (Phi) is 4.82. The van der Waals surface area contributed by atoms with E-state index in [0.29, 0.717) is 25.3 Å². The lowest BCUT2D eigenvalue weighted by Crippen LogP contribution is -2.24. The summed E-state index contributed by atoms with van der Waals surface area (Å²) in [6, 6.07) is 14.1. The second-order valence-corrected chi connectivity index (χ2v) is 7.64. The van der Waals surface area contributed by atoms with E-state index in [-0.39, 0.29) is 11.7 Å². The van der Waals surface area contributed by atoms with Crippen LogP contribution in [0.2, 0.25) is 0 Å². The zero-order chi connectivity index (χ0) is 21.4. The number of pyridine rings is 1. The summed E-state index contributed by atoms with van der Waals surface area (Å²) in [4.78, 5) is 24.6. The van der Waals surface area contributed by atoms with Gasteiger partial charge in [-0.2, -0.15) is 0 Å². The van der Waals surface area contributed by atoms with Crippen molar-refractivity contribution < 1.29 is 9.18 Å². The van der Waals surface area contributed by atoms with Crippen molar-refractivity contribution in [3.05, 3.63) is 72.3 Å². The largest absolute Gasteiger partial charge is 0.354 e. The number of aromatic nitrogens is 4. The first kappa shape index (κ1) is 19.2. The molecule has 0 aliphatic carbocycles. The van der Waals surface area contributed by atoms with Gasteiger partial charge in [0.1, 0.15) is 17.5 Å². The highest BCUT2D eigenvalue weighted by molar-refractivity contribution is 5.94. The van der Waals surface area contributed by atoms with Crippen molar-refractivity contribution in [3.8, 4) is 11.3 Å². The third-order valence-corrected chi connectivity index (χ3v) is 5.44. The number of benzene rings is 1. The Bertz CT molecular complexity index is 1250. The summed E-state index contributed by atoms with van der Waals surface area (Å²) in [5, 5.41) is 4.74. The number of imidazole rings is 1. The predicted molar refractivity (Wildman–Crippen MR) is 116 cm³/mol. The average Bonchev–Trinajstić information content (AvgIpc) is 3.39. The zero-order valence-corrected chi connectivity index (χ0v) is 17.1. The second-order valence-electron chi connectivity index (χ2n) is 7.64. The monoisotopic (exact) mass is 416 g/mol. The SMILES string of the molecule is CN(Cc1cccc(F)c1)c1ccc2ncc(-c3ccc(N4CCCC4=O)nc3)n2n1. The smallest absolute Gasteiger partial charge is 0.228 e. The van der Waals surface area contributed by atoms with E-state index in [1.54, 1.807) is 27.9 Å². The fraction of sp³-hybridized carbons (Fsp3) is 0.217. The van der Waals surface area contributed by atoms with E-state index in [1.807, 2.05) is 42.3 Å². The molecule has 0 radical (unpaired) electrons. The van der Waals surface area contributed by atoms with Crippen LogP contribution in [0.5, 0.6) is 0 Å². The lowest BCUT2D eigenvalue weighted by atomic mass is 10.2. The van der Waals surface area contributed by atoms with E-state index in [2.05, 4.69) is 9.97 Å². The van der Waals surface area contributed by atoms with Crippen LogP contribution in [0.1, 0.15) is 18.4 Å². The summed E-state index contributed by atoms with van der Waals surface area (Å²) >= 11 is 0. The Hall–Kier alpha value is -3.81. The maximum Gasteiger partial charge on any atom is 0.228 e. The van der Waals surface area contributed by atoms with Gasteiger partial charge in [0, 0.05) is 38.3 Å². The number of fused-ring (bicyclic) bond motifs is 1. The third kappa shape index (κ3) is 3.72. The van der Waals surface area contributed by atoms with Crippen molar-refractivity contribution in [1.29, 1.82) is 0 Å². The minimum atomic E-state index is -0.252. The summed E-state index contributed by atoms with van der Waals surface area (Å²) in [7, 11) is 1.92. The molecule has 0 spiro atoms. The van der Waals surface area contributed by atoms with E-state index >= 15 is 0 Å². The highest BCUT2D eigenvalue weighted by atomic mass is 19.1. The Morgan fingerprint density at radius 3 is 2.74 bits per heavy atom. The number of hydrogen-bond donors (Lipinski definition) is 0. The van der Waals surface area contributed by atoms with E-state index in [9.17, 15) is 9.18 Å².